The minimum Gasteiger partial charge on any atom is -0.480 e. The lowest BCUT2D eigenvalue weighted by Gasteiger charge is -2.31. The maximum atomic E-state index is 13.9. The maximum Gasteiger partial charge on any atom is 0.329 e. The lowest BCUT2D eigenvalue weighted by atomic mass is 9.75. The number of benzene rings is 4. The number of carbonyl (C=O) groups is 3. The van der Waals surface area contributed by atoms with E-state index in [9.17, 15) is 19.5 Å². The number of nitrogens with one attached hydrogen (secondary N) is 1. The Bertz CT molecular complexity index is 1570. The third kappa shape index (κ3) is 4.32. The zero-order valence-corrected chi connectivity index (χ0v) is 21.7. The quantitative estimate of drug-likeness (QED) is 0.252. The number of carboxylic acids is 1. The van der Waals surface area contributed by atoms with Crippen molar-refractivity contribution in [2.45, 2.75) is 18.1 Å². The highest BCUT2D eigenvalue weighted by molar-refractivity contribution is 6.09. The number of fused-ring (bicyclic) bond motifs is 1. The Morgan fingerprint density at radius 3 is 1.90 bits per heavy atom. The second-order valence-electron chi connectivity index (χ2n) is 10.3. The van der Waals surface area contributed by atoms with Gasteiger partial charge in [-0.1, -0.05) is 127 Å². The Morgan fingerprint density at radius 2 is 1.30 bits per heavy atom. The largest absolute Gasteiger partial charge is 0.480 e. The fraction of sp³-hybridized carbons (Fsp3) is 0.147. The molecular formula is C34H28N2O4. The van der Waals surface area contributed by atoms with E-state index in [1.165, 1.54) is 4.90 Å². The molecule has 40 heavy (non-hydrogen) atoms. The van der Waals surface area contributed by atoms with Crippen molar-refractivity contribution in [3.8, 4) is 0 Å². The van der Waals surface area contributed by atoms with Crippen molar-refractivity contribution < 1.29 is 19.5 Å². The van der Waals surface area contributed by atoms with Crippen molar-refractivity contribution in [2.24, 2.45) is 11.8 Å². The number of imide groups is 1. The van der Waals surface area contributed by atoms with E-state index >= 15 is 0 Å². The first-order valence-corrected chi connectivity index (χ1v) is 13.3. The summed E-state index contributed by atoms with van der Waals surface area (Å²) in [5.74, 6) is -3.96. The molecule has 2 saturated heterocycles. The standard InChI is InChI=1S/C34H28N2O4/c37-31-28-29(32(38)36(31)22-25-12-6-2-7-13-25)34(33(39)40,27-14-8-3-9-15-27)35-30(28)26-20-18-24(19-21-26)17-16-23-10-4-1-5-11-23/h1-21,28-30,35H,22H2,(H,39,40)/b17-16+. The van der Waals surface area contributed by atoms with Crippen LogP contribution in [-0.2, 0) is 26.5 Å². The summed E-state index contributed by atoms with van der Waals surface area (Å²) in [4.78, 5) is 42.2. The van der Waals surface area contributed by atoms with Crippen LogP contribution in [0.4, 0.5) is 0 Å². The van der Waals surface area contributed by atoms with Crippen molar-refractivity contribution in [3.63, 3.8) is 0 Å². The summed E-state index contributed by atoms with van der Waals surface area (Å²) in [6.45, 7) is 0.103. The molecule has 2 N–H and O–H groups in total. The molecule has 4 aromatic rings. The van der Waals surface area contributed by atoms with Crippen molar-refractivity contribution in [3.05, 3.63) is 143 Å². The highest BCUT2D eigenvalue weighted by Gasteiger charge is 2.69. The number of hydrogen-bond acceptors (Lipinski definition) is 4. The summed E-state index contributed by atoms with van der Waals surface area (Å²) < 4.78 is 0. The second kappa shape index (κ2) is 10.4. The van der Waals surface area contributed by atoms with Gasteiger partial charge in [-0.15, -0.1) is 0 Å². The first kappa shape index (κ1) is 25.5. The van der Waals surface area contributed by atoms with E-state index in [2.05, 4.69) is 5.32 Å². The molecular weight excluding hydrogens is 500 g/mol. The van der Waals surface area contributed by atoms with Crippen molar-refractivity contribution in [1.29, 1.82) is 0 Å². The van der Waals surface area contributed by atoms with Gasteiger partial charge in [0.2, 0.25) is 11.8 Å². The summed E-state index contributed by atoms with van der Waals surface area (Å²) in [6, 6.07) is 35.0. The second-order valence-corrected chi connectivity index (χ2v) is 10.3. The van der Waals surface area contributed by atoms with E-state index in [1.54, 1.807) is 30.3 Å². The van der Waals surface area contributed by atoms with Gasteiger partial charge in [0.25, 0.3) is 0 Å². The van der Waals surface area contributed by atoms with Gasteiger partial charge >= 0.3 is 5.97 Å². The molecule has 0 aromatic heterocycles. The summed E-state index contributed by atoms with van der Waals surface area (Å²) in [5.41, 5.74) is 2.31. The van der Waals surface area contributed by atoms with E-state index in [0.717, 1.165) is 22.3 Å². The molecule has 0 spiro atoms. The Labute approximate surface area is 232 Å². The number of carbonyl (C=O) groups excluding carboxylic acids is 2. The molecule has 0 radical (unpaired) electrons. The summed E-state index contributed by atoms with van der Waals surface area (Å²) >= 11 is 0. The van der Waals surface area contributed by atoms with Crippen LogP contribution in [0, 0.1) is 11.8 Å². The van der Waals surface area contributed by atoms with Crippen LogP contribution in [0.25, 0.3) is 12.2 Å². The van der Waals surface area contributed by atoms with E-state index < -0.39 is 35.3 Å². The molecule has 2 amide bonds. The first-order valence-electron chi connectivity index (χ1n) is 13.3. The van der Waals surface area contributed by atoms with Crippen molar-refractivity contribution in [1.82, 2.24) is 10.2 Å². The minimum absolute atomic E-state index is 0.103. The van der Waals surface area contributed by atoms with Crippen molar-refractivity contribution in [2.75, 3.05) is 0 Å². The third-order valence-electron chi connectivity index (χ3n) is 7.96. The predicted octanol–water partition coefficient (Wildman–Crippen LogP) is 5.28. The lowest BCUT2D eigenvalue weighted by molar-refractivity contribution is -0.152. The molecule has 6 rings (SSSR count). The number of hydrogen-bond donors (Lipinski definition) is 2. The highest BCUT2D eigenvalue weighted by Crippen LogP contribution is 2.53. The van der Waals surface area contributed by atoms with Gasteiger partial charge in [0, 0.05) is 6.04 Å². The smallest absolute Gasteiger partial charge is 0.329 e. The number of likely N-dealkylation sites (tertiary alicyclic amines) is 1. The topological polar surface area (TPSA) is 86.7 Å². The highest BCUT2D eigenvalue weighted by atomic mass is 16.4. The van der Waals surface area contributed by atoms with Crippen LogP contribution < -0.4 is 5.32 Å². The van der Waals surface area contributed by atoms with Gasteiger partial charge in [-0.3, -0.25) is 19.8 Å². The zero-order valence-electron chi connectivity index (χ0n) is 21.7. The first-order chi connectivity index (χ1) is 19.5. The average Bonchev–Trinajstić information content (AvgIpc) is 3.48. The Kier molecular flexibility index (Phi) is 6.62. The van der Waals surface area contributed by atoms with Gasteiger partial charge in [0.15, 0.2) is 5.54 Å². The van der Waals surface area contributed by atoms with Gasteiger partial charge in [-0.05, 0) is 27.8 Å². The molecule has 2 aliphatic heterocycles. The molecule has 4 aromatic carbocycles. The van der Waals surface area contributed by atoms with Crippen LogP contribution in [-0.4, -0.2) is 27.8 Å². The SMILES string of the molecule is O=C1C2C(c3ccc(/C=C/c4ccccc4)cc3)NC(C(=O)O)(c3ccccc3)C2C(=O)N1Cc1ccccc1. The molecule has 4 unspecified atom stereocenters. The van der Waals surface area contributed by atoms with E-state index in [4.69, 9.17) is 0 Å². The summed E-state index contributed by atoms with van der Waals surface area (Å²) in [7, 11) is 0. The van der Waals surface area contributed by atoms with Crippen LogP contribution in [0.5, 0.6) is 0 Å². The van der Waals surface area contributed by atoms with E-state index in [-0.39, 0.29) is 12.5 Å². The molecule has 0 saturated carbocycles. The fourth-order valence-electron chi connectivity index (χ4n) is 6.03. The number of carboxylic acid groups (broad SMARTS) is 1. The molecule has 2 heterocycles. The zero-order chi connectivity index (χ0) is 27.7. The molecule has 2 fully saturated rings. The maximum absolute atomic E-state index is 13.9. The van der Waals surface area contributed by atoms with Crippen LogP contribution in [0.2, 0.25) is 0 Å². The molecule has 4 atom stereocenters. The number of nitrogens with zero attached hydrogens (tertiary/aromatic N) is 1. The fourth-order valence-corrected chi connectivity index (χ4v) is 6.03. The Morgan fingerprint density at radius 1 is 0.750 bits per heavy atom. The lowest BCUT2D eigenvalue weighted by Crippen LogP contribution is -2.53. The molecule has 0 bridgehead atoms. The number of amides is 2. The van der Waals surface area contributed by atoms with Gasteiger partial charge < -0.3 is 5.11 Å². The van der Waals surface area contributed by atoms with E-state index in [1.807, 2.05) is 97.1 Å². The molecule has 198 valence electrons. The summed E-state index contributed by atoms with van der Waals surface area (Å²) in [5, 5.41) is 14.0. The van der Waals surface area contributed by atoms with Crippen LogP contribution in [0.3, 0.4) is 0 Å². The van der Waals surface area contributed by atoms with Crippen LogP contribution in [0.1, 0.15) is 33.9 Å². The third-order valence-corrected chi connectivity index (χ3v) is 7.96. The van der Waals surface area contributed by atoms with Gasteiger partial charge in [0.1, 0.15) is 0 Å². The van der Waals surface area contributed by atoms with Gasteiger partial charge in [-0.2, -0.15) is 0 Å². The Balaban J connectivity index is 1.39. The van der Waals surface area contributed by atoms with Gasteiger partial charge in [-0.25, -0.2) is 4.79 Å². The van der Waals surface area contributed by atoms with Crippen molar-refractivity contribution >= 4 is 29.9 Å². The van der Waals surface area contributed by atoms with E-state index in [0.29, 0.717) is 5.56 Å². The predicted molar refractivity (Wildman–Crippen MR) is 152 cm³/mol. The van der Waals surface area contributed by atoms with Crippen LogP contribution in [0.15, 0.2) is 115 Å². The molecule has 0 aliphatic carbocycles. The normalized spacial score (nSPS) is 24.0. The van der Waals surface area contributed by atoms with Gasteiger partial charge in [0.05, 0.1) is 18.4 Å². The minimum atomic E-state index is -1.75. The number of aliphatic carboxylic acids is 1. The summed E-state index contributed by atoms with van der Waals surface area (Å²) in [6.07, 6.45) is 4.02. The monoisotopic (exact) mass is 528 g/mol. The Hall–Kier alpha value is -4.81. The molecule has 2 aliphatic rings. The molecule has 6 nitrogen and oxygen atoms in total. The van der Waals surface area contributed by atoms with Crippen LogP contribution >= 0.6 is 0 Å². The number of rotatable bonds is 7. The molecule has 6 heteroatoms. The average molecular weight is 529 g/mol.